The van der Waals surface area contributed by atoms with Crippen LogP contribution in [0.25, 0.3) is 0 Å². The molecule has 4 N–H and O–H groups in total. The number of ether oxygens (including phenoxy) is 2. The van der Waals surface area contributed by atoms with Gasteiger partial charge in [0.15, 0.2) is 29.1 Å². The van der Waals surface area contributed by atoms with Gasteiger partial charge in [0.25, 0.3) is 0 Å². The Bertz CT molecular complexity index is 1580. The molecule has 44 heavy (non-hydrogen) atoms. The molecule has 0 aromatic heterocycles. The van der Waals surface area contributed by atoms with Crippen LogP contribution < -0.4 is 5.73 Å². The Morgan fingerprint density at radius 2 is 1.93 bits per heavy atom. The van der Waals surface area contributed by atoms with Gasteiger partial charge in [-0.05, 0) is 74.4 Å². The van der Waals surface area contributed by atoms with Crippen LogP contribution in [-0.2, 0) is 24.8 Å². The minimum atomic E-state index is -2.03. The fourth-order valence-electron chi connectivity index (χ4n) is 9.26. The number of halogens is 1. The lowest BCUT2D eigenvalue weighted by Gasteiger charge is -2.62. The summed E-state index contributed by atoms with van der Waals surface area (Å²) >= 11 is 1.68. The molecule has 9 heteroatoms. The molecule has 2 aromatic carbocycles. The molecule has 5 aliphatic rings. The van der Waals surface area contributed by atoms with Gasteiger partial charge in [-0.2, -0.15) is 0 Å². The summed E-state index contributed by atoms with van der Waals surface area (Å²) in [5, 5.41) is 21.9. The number of alkyl halides is 1. The lowest BCUT2D eigenvalue weighted by Crippen LogP contribution is -2.69. The molecule has 1 aliphatic heterocycles. The van der Waals surface area contributed by atoms with Gasteiger partial charge in [0.2, 0.25) is 0 Å². The molecule has 9 atom stereocenters. The predicted octanol–water partition coefficient (Wildman–Crippen LogP) is 5.26. The number of hydrogen-bond donors (Lipinski definition) is 3. The second-order valence-corrected chi connectivity index (χ2v) is 14.5. The number of thioether (sulfide) groups is 1. The number of nitrogen functional groups attached to an aromatic ring is 1. The average Bonchev–Trinajstić information content (AvgIpc) is 3.50. The lowest BCUT2D eigenvalue weighted by atomic mass is 9.44. The van der Waals surface area contributed by atoms with E-state index in [1.807, 2.05) is 55.5 Å². The fraction of sp³-hybridized carbons (Fsp3) is 0.486. The van der Waals surface area contributed by atoms with Gasteiger partial charge in [0.05, 0.1) is 12.2 Å². The maximum Gasteiger partial charge on any atom is 0.193 e. The van der Waals surface area contributed by atoms with Gasteiger partial charge in [0.1, 0.15) is 6.61 Å². The first-order valence-corrected chi connectivity index (χ1v) is 16.3. The van der Waals surface area contributed by atoms with Crippen LogP contribution in [0.2, 0.25) is 0 Å². The van der Waals surface area contributed by atoms with Gasteiger partial charge >= 0.3 is 0 Å². The Labute approximate surface area is 260 Å². The number of carbonyl (C=O) groups excluding carboxylic acids is 2. The van der Waals surface area contributed by atoms with Gasteiger partial charge in [-0.15, -0.1) is 11.8 Å². The highest BCUT2D eigenvalue weighted by Crippen LogP contribution is 2.72. The minimum absolute atomic E-state index is 0.0339. The number of Topliss-reactive ketones (excluding diaryl/α,β-unsaturated/α-hetero) is 1. The minimum Gasteiger partial charge on any atom is -0.399 e. The molecule has 4 aliphatic carbocycles. The number of aliphatic hydroxyl groups excluding tert-OH is 2. The van der Waals surface area contributed by atoms with E-state index >= 15 is 4.39 Å². The topological polar surface area (TPSA) is 119 Å². The number of allylic oxidation sites excluding steroid dienone is 4. The van der Waals surface area contributed by atoms with Crippen LogP contribution in [0.4, 0.5) is 10.1 Å². The standard InChI is InChI=1S/C35H38FNO6S/c1-32-13-12-24(39)14-22(32)10-11-26-27-16-30-35(29(41)18-38,33(27,2)17-28(40)34(26,32)36)43-31(42-30)21-8-6-20(7-9-21)19-44-25-5-3-4-23(37)15-25/h3-9,12-15,26-28,30-31,38,40H,10-11,16-19,37H2,1-2H3/t26?,27-,28-,30+,31+,32-,33-,34-,35+/m0/s1. The highest BCUT2D eigenvalue weighted by Gasteiger charge is 2.79. The molecule has 0 radical (unpaired) electrons. The summed E-state index contributed by atoms with van der Waals surface area (Å²) in [6.07, 6.45) is 2.86. The zero-order valence-electron chi connectivity index (χ0n) is 24.9. The Hall–Kier alpha value is -2.82. The summed E-state index contributed by atoms with van der Waals surface area (Å²) in [4.78, 5) is 26.9. The van der Waals surface area contributed by atoms with Gasteiger partial charge in [-0.25, -0.2) is 4.39 Å². The molecule has 3 saturated carbocycles. The molecule has 2 aromatic rings. The number of benzene rings is 2. The van der Waals surface area contributed by atoms with Crippen LogP contribution >= 0.6 is 11.8 Å². The SMILES string of the molecule is C[C@]12C=CC(=O)C=C1CCC1[C@@H]3C[C@H]4O[C@@H](c5ccc(CSc6cccc(N)c6)cc5)O[C@@]4(C(=O)CO)[C@@]3(C)C[C@H](O)[C@@]12F. The third-order valence-corrected chi connectivity index (χ3v) is 12.5. The summed E-state index contributed by atoms with van der Waals surface area (Å²) in [6, 6.07) is 15.6. The van der Waals surface area contributed by atoms with Crippen molar-refractivity contribution in [2.45, 2.75) is 79.9 Å². The van der Waals surface area contributed by atoms with Crippen molar-refractivity contribution in [2.75, 3.05) is 12.3 Å². The highest BCUT2D eigenvalue weighted by atomic mass is 32.2. The van der Waals surface area contributed by atoms with E-state index in [0.29, 0.717) is 24.8 Å². The maximum absolute atomic E-state index is 17.5. The van der Waals surface area contributed by atoms with Crippen LogP contribution in [0, 0.1) is 22.7 Å². The second kappa shape index (κ2) is 10.4. The van der Waals surface area contributed by atoms with Crippen LogP contribution in [-0.4, -0.2) is 51.9 Å². The van der Waals surface area contributed by atoms with Crippen molar-refractivity contribution in [1.82, 2.24) is 0 Å². The van der Waals surface area contributed by atoms with E-state index in [0.717, 1.165) is 27.5 Å². The number of carbonyl (C=O) groups is 2. The van der Waals surface area contributed by atoms with Crippen LogP contribution in [0.5, 0.6) is 0 Å². The third-order valence-electron chi connectivity index (χ3n) is 11.5. The van der Waals surface area contributed by atoms with E-state index in [1.165, 1.54) is 12.2 Å². The molecule has 1 saturated heterocycles. The van der Waals surface area contributed by atoms with E-state index in [2.05, 4.69) is 0 Å². The van der Waals surface area contributed by atoms with Crippen molar-refractivity contribution in [1.29, 1.82) is 0 Å². The van der Waals surface area contributed by atoms with E-state index in [1.54, 1.807) is 24.8 Å². The van der Waals surface area contributed by atoms with Crippen molar-refractivity contribution in [2.24, 2.45) is 22.7 Å². The number of anilines is 1. The zero-order chi connectivity index (χ0) is 31.1. The molecule has 4 fully saturated rings. The number of aliphatic hydroxyl groups is 2. The van der Waals surface area contributed by atoms with Gasteiger partial charge in [0, 0.05) is 38.6 Å². The summed E-state index contributed by atoms with van der Waals surface area (Å²) in [5.74, 6) is -0.858. The van der Waals surface area contributed by atoms with Crippen molar-refractivity contribution >= 4 is 29.0 Å². The average molecular weight is 620 g/mol. The predicted molar refractivity (Wildman–Crippen MR) is 164 cm³/mol. The molecule has 1 unspecified atom stereocenters. The van der Waals surface area contributed by atoms with Crippen LogP contribution in [0.15, 0.2) is 77.2 Å². The quantitative estimate of drug-likeness (QED) is 0.296. The van der Waals surface area contributed by atoms with Crippen molar-refractivity contribution < 1.29 is 33.7 Å². The van der Waals surface area contributed by atoms with E-state index in [9.17, 15) is 19.8 Å². The first kappa shape index (κ1) is 29.9. The smallest absolute Gasteiger partial charge is 0.193 e. The lowest BCUT2D eigenvalue weighted by molar-refractivity contribution is -0.231. The van der Waals surface area contributed by atoms with Crippen molar-refractivity contribution in [3.8, 4) is 0 Å². The molecule has 1 heterocycles. The number of nitrogens with two attached hydrogens (primary N) is 1. The largest absolute Gasteiger partial charge is 0.399 e. The molecular formula is C35H38FNO6S. The molecule has 7 nitrogen and oxygen atoms in total. The monoisotopic (exact) mass is 619 g/mol. The third kappa shape index (κ3) is 4.02. The first-order valence-electron chi connectivity index (χ1n) is 15.3. The number of fused-ring (bicyclic) bond motifs is 7. The molecule has 0 amide bonds. The summed E-state index contributed by atoms with van der Waals surface area (Å²) in [5.41, 5.74) is 3.50. The summed E-state index contributed by atoms with van der Waals surface area (Å²) in [6.45, 7) is 2.92. The number of rotatable bonds is 6. The second-order valence-electron chi connectivity index (χ2n) is 13.5. The molecular weight excluding hydrogens is 581 g/mol. The van der Waals surface area contributed by atoms with Gasteiger partial charge in [-0.3, -0.25) is 9.59 Å². The van der Waals surface area contributed by atoms with E-state index < -0.39 is 58.9 Å². The van der Waals surface area contributed by atoms with Crippen molar-refractivity contribution in [3.63, 3.8) is 0 Å². The molecule has 7 rings (SSSR count). The van der Waals surface area contributed by atoms with E-state index in [-0.39, 0.29) is 18.1 Å². The Balaban J connectivity index is 1.16. The zero-order valence-corrected chi connectivity index (χ0v) is 25.7. The Morgan fingerprint density at radius 1 is 1.16 bits per heavy atom. The number of ketones is 2. The van der Waals surface area contributed by atoms with Gasteiger partial charge < -0.3 is 25.4 Å². The number of hydrogen-bond acceptors (Lipinski definition) is 8. The van der Waals surface area contributed by atoms with Crippen molar-refractivity contribution in [3.05, 3.63) is 83.5 Å². The molecule has 0 spiro atoms. The normalized spacial score (nSPS) is 40.5. The maximum atomic E-state index is 17.5. The Morgan fingerprint density at radius 3 is 2.66 bits per heavy atom. The van der Waals surface area contributed by atoms with Gasteiger partial charge in [-0.1, -0.05) is 48.9 Å². The Kier molecular flexibility index (Phi) is 7.03. The fourth-order valence-corrected chi connectivity index (χ4v) is 10.2. The van der Waals surface area contributed by atoms with Crippen LogP contribution in [0.1, 0.15) is 56.9 Å². The molecule has 232 valence electrons. The first-order chi connectivity index (χ1) is 21.0. The summed E-state index contributed by atoms with van der Waals surface area (Å²) < 4.78 is 30.6. The summed E-state index contributed by atoms with van der Waals surface area (Å²) in [7, 11) is 0. The highest BCUT2D eigenvalue weighted by molar-refractivity contribution is 7.98. The van der Waals surface area contributed by atoms with E-state index in [4.69, 9.17) is 15.2 Å². The molecule has 0 bridgehead atoms. The van der Waals surface area contributed by atoms with Crippen LogP contribution in [0.3, 0.4) is 0 Å².